The smallest absolute Gasteiger partial charge is 0.244 e. The zero-order valence-corrected chi connectivity index (χ0v) is 10.7. The molecule has 0 aromatic rings. The number of hydrogen-bond acceptors (Lipinski definition) is 4. The van der Waals surface area contributed by atoms with Crippen molar-refractivity contribution in [2.75, 3.05) is 0 Å². The molecule has 0 aromatic carbocycles. The van der Waals surface area contributed by atoms with Gasteiger partial charge in [-0.15, -0.1) is 0 Å². The fourth-order valence-electron chi connectivity index (χ4n) is 2.09. The van der Waals surface area contributed by atoms with Crippen molar-refractivity contribution in [3.05, 3.63) is 0 Å². The molecular weight excluding hydrogens is 220 g/mol. The van der Waals surface area contributed by atoms with E-state index in [4.69, 9.17) is 10.9 Å². The number of carbonyl (C=O) groups excluding carboxylic acids is 1. The van der Waals surface area contributed by atoms with Crippen LogP contribution in [-0.2, 0) is 4.79 Å². The fourth-order valence-corrected chi connectivity index (χ4v) is 2.09. The largest absolute Gasteiger partial charge is 0.409 e. The Hall–Kier alpha value is -1.30. The monoisotopic (exact) mass is 242 g/mol. The van der Waals surface area contributed by atoms with Crippen LogP contribution in [0.5, 0.6) is 0 Å². The molecule has 1 aliphatic rings. The molecule has 0 radical (unpaired) electrons. The van der Waals surface area contributed by atoms with Crippen molar-refractivity contribution in [3.63, 3.8) is 0 Å². The third-order valence-corrected chi connectivity index (χ3v) is 3.39. The number of amides is 1. The predicted molar refractivity (Wildman–Crippen MR) is 65.3 cm³/mol. The molecule has 1 saturated heterocycles. The topological polar surface area (TPSA) is 91.0 Å². The number of carbonyl (C=O) groups is 1. The van der Waals surface area contributed by atoms with Gasteiger partial charge in [-0.25, -0.2) is 5.01 Å². The number of amidine groups is 1. The molecule has 0 saturated carbocycles. The van der Waals surface area contributed by atoms with Crippen molar-refractivity contribution >= 4 is 11.7 Å². The van der Waals surface area contributed by atoms with Crippen molar-refractivity contribution < 1.29 is 10.0 Å². The molecule has 17 heavy (non-hydrogen) atoms. The average molecular weight is 242 g/mol. The highest BCUT2D eigenvalue weighted by atomic mass is 16.4. The van der Waals surface area contributed by atoms with Crippen LogP contribution < -0.4 is 11.2 Å². The molecule has 6 nitrogen and oxygen atoms in total. The maximum atomic E-state index is 11.9. The Morgan fingerprint density at radius 1 is 1.47 bits per heavy atom. The first-order valence-electron chi connectivity index (χ1n) is 6.03. The van der Waals surface area contributed by atoms with E-state index in [0.717, 1.165) is 12.8 Å². The lowest BCUT2D eigenvalue weighted by atomic mass is 9.99. The molecule has 1 aliphatic heterocycles. The number of nitrogens with zero attached hydrogens (tertiary/aromatic N) is 2. The number of piperidine rings is 1. The standard InChI is InChI=1S/C11H22N4O2/c1-7-5-4-6-8(2)15(7)13-11(16)9(3)10(12)14-17/h7-9,17H,4-6H2,1-3H3,(H2,12,14)(H,13,16). The summed E-state index contributed by atoms with van der Waals surface area (Å²) in [5.41, 5.74) is 8.27. The summed E-state index contributed by atoms with van der Waals surface area (Å²) < 4.78 is 0. The van der Waals surface area contributed by atoms with Gasteiger partial charge in [0.05, 0.1) is 5.92 Å². The highest BCUT2D eigenvalue weighted by Gasteiger charge is 2.28. The zero-order valence-electron chi connectivity index (χ0n) is 10.7. The molecular formula is C11H22N4O2. The van der Waals surface area contributed by atoms with E-state index in [9.17, 15) is 4.79 Å². The van der Waals surface area contributed by atoms with Gasteiger partial charge in [0.1, 0.15) is 0 Å². The van der Waals surface area contributed by atoms with Gasteiger partial charge in [-0.05, 0) is 33.6 Å². The lowest BCUT2D eigenvalue weighted by molar-refractivity contribution is -0.131. The first kappa shape index (κ1) is 13.8. The molecule has 6 heteroatoms. The van der Waals surface area contributed by atoms with Gasteiger partial charge in [-0.2, -0.15) is 0 Å². The molecule has 3 unspecified atom stereocenters. The second-order valence-corrected chi connectivity index (χ2v) is 4.76. The second-order valence-electron chi connectivity index (χ2n) is 4.76. The molecule has 98 valence electrons. The third-order valence-electron chi connectivity index (χ3n) is 3.39. The van der Waals surface area contributed by atoms with Crippen LogP contribution in [0.1, 0.15) is 40.0 Å². The molecule has 0 spiro atoms. The number of nitrogens with one attached hydrogen (secondary N) is 1. The van der Waals surface area contributed by atoms with Crippen LogP contribution >= 0.6 is 0 Å². The first-order chi connectivity index (χ1) is 7.97. The van der Waals surface area contributed by atoms with E-state index in [1.807, 2.05) is 5.01 Å². The van der Waals surface area contributed by atoms with Crippen LogP contribution in [0.15, 0.2) is 5.16 Å². The van der Waals surface area contributed by atoms with Crippen LogP contribution in [-0.4, -0.2) is 34.0 Å². The summed E-state index contributed by atoms with van der Waals surface area (Å²) in [5.74, 6) is -0.929. The lowest BCUT2D eigenvalue weighted by Gasteiger charge is -2.39. The van der Waals surface area contributed by atoms with E-state index in [1.165, 1.54) is 6.42 Å². The summed E-state index contributed by atoms with van der Waals surface area (Å²) in [7, 11) is 0. The van der Waals surface area contributed by atoms with Gasteiger partial charge in [0.25, 0.3) is 0 Å². The highest BCUT2D eigenvalue weighted by molar-refractivity contribution is 6.01. The van der Waals surface area contributed by atoms with Crippen molar-refractivity contribution in [1.82, 2.24) is 10.4 Å². The quantitative estimate of drug-likeness (QED) is 0.293. The number of hydrogen-bond donors (Lipinski definition) is 3. The van der Waals surface area contributed by atoms with E-state index >= 15 is 0 Å². The summed E-state index contributed by atoms with van der Waals surface area (Å²) in [4.78, 5) is 11.9. The van der Waals surface area contributed by atoms with Crippen molar-refractivity contribution in [2.24, 2.45) is 16.8 Å². The molecule has 0 aromatic heterocycles. The molecule has 4 N–H and O–H groups in total. The number of hydrazine groups is 1. The van der Waals surface area contributed by atoms with Gasteiger partial charge in [0, 0.05) is 12.1 Å². The van der Waals surface area contributed by atoms with E-state index in [0.29, 0.717) is 12.1 Å². The predicted octanol–water partition coefficient (Wildman–Crippen LogP) is 0.663. The Bertz CT molecular complexity index is 296. The highest BCUT2D eigenvalue weighted by Crippen LogP contribution is 2.20. The minimum absolute atomic E-state index is 0.0696. The summed E-state index contributed by atoms with van der Waals surface area (Å²) >= 11 is 0. The van der Waals surface area contributed by atoms with Gasteiger partial charge in [-0.3, -0.25) is 10.2 Å². The Labute approximate surface area is 102 Å². The Morgan fingerprint density at radius 3 is 2.47 bits per heavy atom. The molecule has 1 amide bonds. The number of rotatable bonds is 3. The summed E-state index contributed by atoms with van der Waals surface area (Å²) in [5, 5.41) is 13.4. The maximum absolute atomic E-state index is 11.9. The van der Waals surface area contributed by atoms with E-state index in [1.54, 1.807) is 6.92 Å². The SMILES string of the molecule is CC(C(=O)NN1C(C)CCCC1C)C(N)=NO. The fraction of sp³-hybridized carbons (Fsp3) is 0.818. The average Bonchev–Trinajstić information content (AvgIpc) is 2.31. The molecule has 0 aliphatic carbocycles. The van der Waals surface area contributed by atoms with Crippen molar-refractivity contribution in [1.29, 1.82) is 0 Å². The maximum Gasteiger partial charge on any atom is 0.244 e. The van der Waals surface area contributed by atoms with Gasteiger partial charge in [0.2, 0.25) is 5.91 Å². The summed E-state index contributed by atoms with van der Waals surface area (Å²) in [6, 6.07) is 0.643. The Balaban J connectivity index is 2.60. The molecule has 1 rings (SSSR count). The van der Waals surface area contributed by atoms with E-state index < -0.39 is 5.92 Å². The van der Waals surface area contributed by atoms with E-state index in [-0.39, 0.29) is 11.7 Å². The van der Waals surface area contributed by atoms with Crippen LogP contribution in [0.2, 0.25) is 0 Å². The zero-order chi connectivity index (χ0) is 13.0. The minimum Gasteiger partial charge on any atom is -0.409 e. The molecule has 0 bridgehead atoms. The van der Waals surface area contributed by atoms with Gasteiger partial charge >= 0.3 is 0 Å². The second kappa shape index (κ2) is 5.86. The van der Waals surface area contributed by atoms with Crippen LogP contribution in [0.4, 0.5) is 0 Å². The molecule has 1 fully saturated rings. The van der Waals surface area contributed by atoms with Crippen molar-refractivity contribution in [3.8, 4) is 0 Å². The molecule has 3 atom stereocenters. The van der Waals surface area contributed by atoms with Crippen LogP contribution in [0, 0.1) is 5.92 Å². The minimum atomic E-state index is -0.624. The number of nitrogens with two attached hydrogens (primary N) is 1. The first-order valence-corrected chi connectivity index (χ1v) is 6.03. The normalized spacial score (nSPS) is 28.8. The number of oxime groups is 1. The van der Waals surface area contributed by atoms with Gasteiger partial charge < -0.3 is 10.9 Å². The summed E-state index contributed by atoms with van der Waals surface area (Å²) in [6.07, 6.45) is 3.33. The Morgan fingerprint density at radius 2 is 2.00 bits per heavy atom. The van der Waals surface area contributed by atoms with Gasteiger partial charge in [-0.1, -0.05) is 11.6 Å². The summed E-state index contributed by atoms with van der Waals surface area (Å²) in [6.45, 7) is 5.79. The van der Waals surface area contributed by atoms with Crippen LogP contribution in [0.3, 0.4) is 0 Å². The van der Waals surface area contributed by atoms with Crippen molar-refractivity contribution in [2.45, 2.75) is 52.1 Å². The lowest BCUT2D eigenvalue weighted by Crippen LogP contribution is -2.56. The van der Waals surface area contributed by atoms with E-state index in [2.05, 4.69) is 24.4 Å². The van der Waals surface area contributed by atoms with Crippen LogP contribution in [0.25, 0.3) is 0 Å². The van der Waals surface area contributed by atoms with Gasteiger partial charge in [0.15, 0.2) is 5.84 Å². The molecule has 1 heterocycles. The third kappa shape index (κ3) is 3.33. The Kier molecular flexibility index (Phi) is 4.74.